The van der Waals surface area contributed by atoms with Gasteiger partial charge in [-0.1, -0.05) is 0 Å². The normalized spacial score (nSPS) is 24.3. The van der Waals surface area contributed by atoms with Gasteiger partial charge < -0.3 is 20.4 Å². The maximum Gasteiger partial charge on any atom is 0.152 e. The molecule has 164 valence electrons. The minimum atomic E-state index is -0.0805. The number of aromatic hydroxyl groups is 1. The van der Waals surface area contributed by atoms with Gasteiger partial charge in [-0.15, -0.1) is 21.5 Å². The standard InChI is InChI=1S/C24H30N4O2S/c1-14-15(2)24(25-17-4-3-8-28(13-17)12-16-10-18(29)11-16)27-26-22(14)20-5-6-21-19(23(20)30)7-9-31-21/h5-7,9,16-18,29-30H,3-4,8,10-13H2,1-2H3,(H,25,27)/t16?,17-,18?/m1/s1. The van der Waals surface area contributed by atoms with Gasteiger partial charge in [-0.2, -0.15) is 0 Å². The van der Waals surface area contributed by atoms with Gasteiger partial charge in [0.25, 0.3) is 0 Å². The quantitative estimate of drug-likeness (QED) is 0.550. The highest BCUT2D eigenvalue weighted by Gasteiger charge is 2.30. The molecule has 2 aromatic heterocycles. The summed E-state index contributed by atoms with van der Waals surface area (Å²) in [5.41, 5.74) is 3.59. The van der Waals surface area contributed by atoms with Crippen molar-refractivity contribution in [2.75, 3.05) is 25.0 Å². The van der Waals surface area contributed by atoms with E-state index in [9.17, 15) is 10.2 Å². The smallest absolute Gasteiger partial charge is 0.152 e. The molecule has 2 fully saturated rings. The first-order valence-corrected chi connectivity index (χ1v) is 12.1. The van der Waals surface area contributed by atoms with Crippen LogP contribution in [0.5, 0.6) is 5.75 Å². The van der Waals surface area contributed by atoms with E-state index in [2.05, 4.69) is 34.3 Å². The van der Waals surface area contributed by atoms with E-state index in [1.165, 1.54) is 6.42 Å². The highest BCUT2D eigenvalue weighted by molar-refractivity contribution is 7.17. The van der Waals surface area contributed by atoms with Crippen molar-refractivity contribution in [2.24, 2.45) is 5.92 Å². The molecule has 3 N–H and O–H groups in total. The highest BCUT2D eigenvalue weighted by Crippen LogP contribution is 2.39. The number of likely N-dealkylation sites (tertiary alicyclic amines) is 1. The summed E-state index contributed by atoms with van der Waals surface area (Å²) in [6.07, 6.45) is 4.11. The predicted octanol–water partition coefficient (Wildman–Crippen LogP) is 4.33. The van der Waals surface area contributed by atoms with Crippen LogP contribution in [0.15, 0.2) is 23.6 Å². The van der Waals surface area contributed by atoms with Crippen molar-refractivity contribution in [3.8, 4) is 17.0 Å². The zero-order valence-corrected chi connectivity index (χ0v) is 19.0. The average molecular weight is 439 g/mol. The number of benzene rings is 1. The van der Waals surface area contributed by atoms with Crippen LogP contribution in [0.2, 0.25) is 0 Å². The molecule has 0 bridgehead atoms. The first kappa shape index (κ1) is 20.7. The zero-order valence-electron chi connectivity index (χ0n) is 18.1. The van der Waals surface area contributed by atoms with E-state index < -0.39 is 0 Å². The largest absolute Gasteiger partial charge is 0.507 e. The van der Waals surface area contributed by atoms with Crippen LogP contribution in [-0.4, -0.2) is 57.1 Å². The molecular weight excluding hydrogens is 408 g/mol. The number of hydrogen-bond acceptors (Lipinski definition) is 7. The van der Waals surface area contributed by atoms with Gasteiger partial charge in [-0.3, -0.25) is 0 Å². The number of fused-ring (bicyclic) bond motifs is 1. The van der Waals surface area contributed by atoms with Crippen molar-refractivity contribution >= 4 is 27.2 Å². The Balaban J connectivity index is 1.32. The van der Waals surface area contributed by atoms with Gasteiger partial charge >= 0.3 is 0 Å². The molecule has 0 radical (unpaired) electrons. The van der Waals surface area contributed by atoms with Crippen molar-refractivity contribution in [1.82, 2.24) is 15.1 Å². The van der Waals surface area contributed by atoms with Crippen molar-refractivity contribution in [3.63, 3.8) is 0 Å². The number of aliphatic hydroxyl groups excluding tert-OH is 1. The van der Waals surface area contributed by atoms with Gasteiger partial charge in [0, 0.05) is 34.8 Å². The molecule has 5 rings (SSSR count). The molecule has 1 aliphatic carbocycles. The molecule has 1 atom stereocenters. The Morgan fingerprint density at radius 2 is 2.00 bits per heavy atom. The number of hydrogen-bond donors (Lipinski definition) is 3. The van der Waals surface area contributed by atoms with Gasteiger partial charge in [0.2, 0.25) is 0 Å². The number of phenols is 1. The molecule has 1 saturated heterocycles. The Morgan fingerprint density at radius 3 is 2.81 bits per heavy atom. The Hall–Kier alpha value is -2.22. The van der Waals surface area contributed by atoms with Crippen molar-refractivity contribution in [2.45, 2.75) is 51.7 Å². The monoisotopic (exact) mass is 438 g/mol. The molecule has 0 spiro atoms. The maximum absolute atomic E-state index is 10.8. The SMILES string of the molecule is Cc1c(N[C@@H]2CCCN(CC3CC(O)C3)C2)nnc(-c2ccc3sccc3c2O)c1C. The summed E-state index contributed by atoms with van der Waals surface area (Å²) in [4.78, 5) is 2.52. The lowest BCUT2D eigenvalue weighted by molar-refractivity contribution is 0.0207. The van der Waals surface area contributed by atoms with Crippen molar-refractivity contribution in [3.05, 3.63) is 34.7 Å². The lowest BCUT2D eigenvalue weighted by Crippen LogP contribution is -2.46. The molecule has 0 unspecified atom stereocenters. The lowest BCUT2D eigenvalue weighted by Gasteiger charge is -2.39. The molecule has 1 aliphatic heterocycles. The molecule has 1 aromatic carbocycles. The molecule has 3 aromatic rings. The van der Waals surface area contributed by atoms with E-state index in [0.29, 0.717) is 12.0 Å². The second-order valence-electron chi connectivity index (χ2n) is 9.18. The molecule has 31 heavy (non-hydrogen) atoms. The number of aromatic nitrogens is 2. The van der Waals surface area contributed by atoms with Crippen LogP contribution in [0.4, 0.5) is 5.82 Å². The fraction of sp³-hybridized carbons (Fsp3) is 0.500. The topological polar surface area (TPSA) is 81.5 Å². The van der Waals surface area contributed by atoms with Gasteiger partial charge in [0.15, 0.2) is 5.82 Å². The van der Waals surface area contributed by atoms with Crippen LogP contribution < -0.4 is 5.32 Å². The van der Waals surface area contributed by atoms with Crippen LogP contribution >= 0.6 is 11.3 Å². The summed E-state index contributed by atoms with van der Waals surface area (Å²) in [5, 5.41) is 35.9. The summed E-state index contributed by atoms with van der Waals surface area (Å²) in [6, 6.07) is 6.28. The third kappa shape index (κ3) is 4.02. The number of rotatable bonds is 5. The Bertz CT molecular complexity index is 1090. The second-order valence-corrected chi connectivity index (χ2v) is 10.1. The van der Waals surface area contributed by atoms with Crippen LogP contribution in [0.1, 0.15) is 36.8 Å². The Morgan fingerprint density at radius 1 is 1.16 bits per heavy atom. The van der Waals surface area contributed by atoms with Crippen molar-refractivity contribution < 1.29 is 10.2 Å². The third-order valence-electron chi connectivity index (χ3n) is 6.96. The molecule has 3 heterocycles. The van der Waals surface area contributed by atoms with Crippen LogP contribution in [0.25, 0.3) is 21.3 Å². The summed E-state index contributed by atoms with van der Waals surface area (Å²) in [7, 11) is 0. The number of nitrogens with zero attached hydrogens (tertiary/aromatic N) is 3. The number of phenolic OH excluding ortho intramolecular Hbond substituents is 1. The summed E-state index contributed by atoms with van der Waals surface area (Å²) < 4.78 is 1.07. The second kappa shape index (κ2) is 8.37. The molecule has 6 nitrogen and oxygen atoms in total. The van der Waals surface area contributed by atoms with Gasteiger partial charge in [0.1, 0.15) is 5.75 Å². The summed E-state index contributed by atoms with van der Waals surface area (Å²) in [5.74, 6) is 1.76. The van der Waals surface area contributed by atoms with Gasteiger partial charge in [-0.25, -0.2) is 0 Å². The molecule has 1 saturated carbocycles. The van der Waals surface area contributed by atoms with Crippen molar-refractivity contribution in [1.29, 1.82) is 0 Å². The van der Waals surface area contributed by atoms with Gasteiger partial charge in [0.05, 0.1) is 11.8 Å². The third-order valence-corrected chi connectivity index (χ3v) is 7.84. The maximum atomic E-state index is 10.8. The minimum Gasteiger partial charge on any atom is -0.507 e. The van der Waals surface area contributed by atoms with Crippen LogP contribution in [0.3, 0.4) is 0 Å². The molecule has 7 heteroatoms. The predicted molar refractivity (Wildman–Crippen MR) is 126 cm³/mol. The van der Waals surface area contributed by atoms with E-state index in [4.69, 9.17) is 0 Å². The Labute approximate surface area is 186 Å². The van der Waals surface area contributed by atoms with E-state index in [-0.39, 0.29) is 11.9 Å². The van der Waals surface area contributed by atoms with Crippen LogP contribution in [0, 0.1) is 19.8 Å². The zero-order chi connectivity index (χ0) is 21.5. The molecule has 2 aliphatic rings. The number of anilines is 1. The lowest BCUT2D eigenvalue weighted by atomic mass is 9.82. The van der Waals surface area contributed by atoms with Crippen LogP contribution in [-0.2, 0) is 0 Å². The summed E-state index contributed by atoms with van der Waals surface area (Å²) in [6.45, 7) is 7.35. The first-order chi connectivity index (χ1) is 15.0. The van der Waals surface area contributed by atoms with E-state index in [1.54, 1.807) is 11.3 Å². The first-order valence-electron chi connectivity index (χ1n) is 11.2. The molecule has 0 amide bonds. The number of piperidine rings is 1. The number of nitrogens with one attached hydrogen (secondary N) is 1. The van der Waals surface area contributed by atoms with Gasteiger partial charge in [-0.05, 0) is 86.7 Å². The number of aliphatic hydroxyl groups is 1. The minimum absolute atomic E-state index is 0.0805. The number of thiophene rings is 1. The summed E-state index contributed by atoms with van der Waals surface area (Å²) >= 11 is 1.62. The average Bonchev–Trinajstić information content (AvgIpc) is 3.22. The fourth-order valence-electron chi connectivity index (χ4n) is 4.97. The van der Waals surface area contributed by atoms with E-state index in [1.807, 2.05) is 23.6 Å². The van der Waals surface area contributed by atoms with E-state index >= 15 is 0 Å². The highest BCUT2D eigenvalue weighted by atomic mass is 32.1. The Kier molecular flexibility index (Phi) is 5.58. The fourth-order valence-corrected chi connectivity index (χ4v) is 5.75. The molecular formula is C24H30N4O2S. The van der Waals surface area contributed by atoms with E-state index in [0.717, 1.165) is 77.2 Å².